The Kier molecular flexibility index (Phi) is 3.31. The second kappa shape index (κ2) is 5.13. The summed E-state index contributed by atoms with van der Waals surface area (Å²) in [7, 11) is 0. The molecule has 0 radical (unpaired) electrons. The van der Waals surface area contributed by atoms with Gasteiger partial charge in [0.1, 0.15) is 12.0 Å². The summed E-state index contributed by atoms with van der Waals surface area (Å²) in [4.78, 5) is 22.9. The van der Waals surface area contributed by atoms with Gasteiger partial charge in [0.25, 0.3) is 0 Å². The fourth-order valence-corrected chi connectivity index (χ4v) is 2.88. The molecule has 2 aromatic rings. The standard InChI is InChI=1S/C13H11ClN4O2/c14-13-12(18(19)20)11(16-7-17-13)9-5-1-3-8-4-2-6-15-10(8)9/h2,4,6-7,9H,1,3,5H2. The van der Waals surface area contributed by atoms with Crippen molar-refractivity contribution in [2.45, 2.75) is 25.2 Å². The molecule has 20 heavy (non-hydrogen) atoms. The van der Waals surface area contributed by atoms with Crippen LogP contribution in [0.15, 0.2) is 24.7 Å². The average molecular weight is 291 g/mol. The van der Waals surface area contributed by atoms with Gasteiger partial charge in [-0.25, -0.2) is 9.97 Å². The summed E-state index contributed by atoms with van der Waals surface area (Å²) in [5.41, 5.74) is 2.12. The second-order valence-corrected chi connectivity index (χ2v) is 5.01. The molecule has 0 saturated carbocycles. The van der Waals surface area contributed by atoms with Gasteiger partial charge in [0.05, 0.1) is 16.5 Å². The zero-order valence-electron chi connectivity index (χ0n) is 10.5. The Morgan fingerprint density at radius 2 is 2.15 bits per heavy atom. The summed E-state index contributed by atoms with van der Waals surface area (Å²) < 4.78 is 0. The number of nitrogens with zero attached hydrogens (tertiary/aromatic N) is 4. The van der Waals surface area contributed by atoms with E-state index in [2.05, 4.69) is 15.0 Å². The summed E-state index contributed by atoms with van der Waals surface area (Å²) in [6.07, 6.45) is 5.63. The third kappa shape index (κ3) is 2.12. The number of aryl methyl sites for hydroxylation is 1. The van der Waals surface area contributed by atoms with Gasteiger partial charge >= 0.3 is 5.69 Å². The molecule has 1 unspecified atom stereocenters. The molecule has 2 heterocycles. The van der Waals surface area contributed by atoms with Gasteiger partial charge < -0.3 is 0 Å². The first-order valence-electron chi connectivity index (χ1n) is 6.27. The summed E-state index contributed by atoms with van der Waals surface area (Å²) in [5.74, 6) is -0.194. The third-order valence-electron chi connectivity index (χ3n) is 3.51. The van der Waals surface area contributed by atoms with E-state index in [0.29, 0.717) is 5.69 Å². The maximum atomic E-state index is 11.2. The Morgan fingerprint density at radius 1 is 1.30 bits per heavy atom. The van der Waals surface area contributed by atoms with Crippen molar-refractivity contribution in [3.8, 4) is 0 Å². The van der Waals surface area contributed by atoms with Crippen LogP contribution in [0, 0.1) is 10.1 Å². The Morgan fingerprint density at radius 3 is 2.95 bits per heavy atom. The summed E-state index contributed by atoms with van der Waals surface area (Å²) in [6.45, 7) is 0. The highest BCUT2D eigenvalue weighted by atomic mass is 35.5. The first-order chi connectivity index (χ1) is 9.68. The molecular formula is C13H11ClN4O2. The van der Waals surface area contributed by atoms with Crippen LogP contribution in [0.25, 0.3) is 0 Å². The van der Waals surface area contributed by atoms with Gasteiger partial charge in [-0.05, 0) is 30.9 Å². The quantitative estimate of drug-likeness (QED) is 0.482. The Bertz CT molecular complexity index is 677. The molecular weight excluding hydrogens is 280 g/mol. The zero-order valence-corrected chi connectivity index (χ0v) is 11.2. The lowest BCUT2D eigenvalue weighted by molar-refractivity contribution is -0.386. The van der Waals surface area contributed by atoms with E-state index in [-0.39, 0.29) is 16.8 Å². The molecule has 0 spiro atoms. The maximum Gasteiger partial charge on any atom is 0.328 e. The van der Waals surface area contributed by atoms with Crippen molar-refractivity contribution >= 4 is 17.3 Å². The van der Waals surface area contributed by atoms with Crippen LogP contribution in [0.3, 0.4) is 0 Å². The van der Waals surface area contributed by atoms with Crippen molar-refractivity contribution in [3.63, 3.8) is 0 Å². The average Bonchev–Trinajstić information content (AvgIpc) is 2.46. The van der Waals surface area contributed by atoms with Gasteiger partial charge in [-0.15, -0.1) is 0 Å². The summed E-state index contributed by atoms with van der Waals surface area (Å²) >= 11 is 5.86. The first-order valence-corrected chi connectivity index (χ1v) is 6.65. The monoisotopic (exact) mass is 290 g/mol. The number of nitro groups is 1. The first kappa shape index (κ1) is 12.9. The predicted molar refractivity (Wildman–Crippen MR) is 72.7 cm³/mol. The Hall–Kier alpha value is -2.08. The molecule has 3 rings (SSSR count). The van der Waals surface area contributed by atoms with Crippen LogP contribution in [0.1, 0.15) is 35.7 Å². The number of aromatic nitrogens is 3. The van der Waals surface area contributed by atoms with E-state index in [4.69, 9.17) is 11.6 Å². The number of fused-ring (bicyclic) bond motifs is 1. The van der Waals surface area contributed by atoms with E-state index >= 15 is 0 Å². The van der Waals surface area contributed by atoms with Crippen LogP contribution >= 0.6 is 11.6 Å². The molecule has 2 aromatic heterocycles. The topological polar surface area (TPSA) is 81.8 Å². The van der Waals surface area contributed by atoms with Crippen LogP contribution in [0.5, 0.6) is 0 Å². The molecule has 0 amide bonds. The highest BCUT2D eigenvalue weighted by molar-refractivity contribution is 6.31. The fourth-order valence-electron chi connectivity index (χ4n) is 2.67. The van der Waals surface area contributed by atoms with E-state index in [1.165, 1.54) is 6.33 Å². The van der Waals surface area contributed by atoms with E-state index in [1.807, 2.05) is 12.1 Å². The molecule has 0 N–H and O–H groups in total. The van der Waals surface area contributed by atoms with Crippen LogP contribution in [-0.4, -0.2) is 19.9 Å². The number of pyridine rings is 1. The van der Waals surface area contributed by atoms with E-state index in [0.717, 1.165) is 30.5 Å². The van der Waals surface area contributed by atoms with Crippen molar-refractivity contribution in [3.05, 3.63) is 56.9 Å². The van der Waals surface area contributed by atoms with Gasteiger partial charge in [-0.2, -0.15) is 0 Å². The molecule has 0 aliphatic heterocycles. The van der Waals surface area contributed by atoms with E-state index in [9.17, 15) is 10.1 Å². The lowest BCUT2D eigenvalue weighted by Crippen LogP contribution is -2.16. The van der Waals surface area contributed by atoms with Crippen LogP contribution < -0.4 is 0 Å². The predicted octanol–water partition coefficient (Wildman–Crippen LogP) is 2.90. The number of hydrogen-bond acceptors (Lipinski definition) is 5. The normalized spacial score (nSPS) is 17.6. The molecule has 6 nitrogen and oxygen atoms in total. The van der Waals surface area contributed by atoms with Crippen molar-refractivity contribution in [2.24, 2.45) is 0 Å². The molecule has 0 bridgehead atoms. The largest absolute Gasteiger partial charge is 0.328 e. The Balaban J connectivity index is 2.16. The van der Waals surface area contributed by atoms with Crippen molar-refractivity contribution in [2.75, 3.05) is 0 Å². The van der Waals surface area contributed by atoms with Gasteiger partial charge in [-0.3, -0.25) is 15.1 Å². The second-order valence-electron chi connectivity index (χ2n) is 4.65. The lowest BCUT2D eigenvalue weighted by atomic mass is 9.84. The number of hydrogen-bond donors (Lipinski definition) is 0. The highest BCUT2D eigenvalue weighted by Crippen LogP contribution is 2.39. The van der Waals surface area contributed by atoms with Gasteiger partial charge in [0, 0.05) is 6.20 Å². The van der Waals surface area contributed by atoms with Crippen LogP contribution in [-0.2, 0) is 6.42 Å². The van der Waals surface area contributed by atoms with Crippen molar-refractivity contribution < 1.29 is 4.92 Å². The minimum absolute atomic E-state index is 0.122. The van der Waals surface area contributed by atoms with Crippen molar-refractivity contribution in [1.82, 2.24) is 15.0 Å². The van der Waals surface area contributed by atoms with Crippen LogP contribution in [0.4, 0.5) is 5.69 Å². The smallest absolute Gasteiger partial charge is 0.260 e. The van der Waals surface area contributed by atoms with Gasteiger partial charge in [-0.1, -0.05) is 17.7 Å². The minimum Gasteiger partial charge on any atom is -0.260 e. The zero-order chi connectivity index (χ0) is 14.1. The fraction of sp³-hybridized carbons (Fsp3) is 0.308. The lowest BCUT2D eigenvalue weighted by Gasteiger charge is -2.23. The summed E-state index contributed by atoms with van der Waals surface area (Å²) in [6, 6.07) is 3.88. The molecule has 1 atom stereocenters. The maximum absolute atomic E-state index is 11.2. The molecule has 1 aliphatic rings. The van der Waals surface area contributed by atoms with Gasteiger partial charge in [0.15, 0.2) is 0 Å². The minimum atomic E-state index is -0.519. The number of rotatable bonds is 2. The molecule has 1 aliphatic carbocycles. The molecule has 7 heteroatoms. The molecule has 0 aromatic carbocycles. The number of halogens is 1. The third-order valence-corrected chi connectivity index (χ3v) is 3.79. The van der Waals surface area contributed by atoms with Gasteiger partial charge in [0.2, 0.25) is 5.15 Å². The van der Waals surface area contributed by atoms with E-state index < -0.39 is 4.92 Å². The summed E-state index contributed by atoms with van der Waals surface area (Å²) in [5, 5.41) is 11.1. The van der Waals surface area contributed by atoms with Crippen molar-refractivity contribution in [1.29, 1.82) is 0 Å². The molecule has 0 saturated heterocycles. The SMILES string of the molecule is O=[N+]([O-])c1c(Cl)ncnc1C1CCCc2cccnc21. The molecule has 102 valence electrons. The van der Waals surface area contributed by atoms with E-state index in [1.54, 1.807) is 6.20 Å². The highest BCUT2D eigenvalue weighted by Gasteiger charge is 2.32. The van der Waals surface area contributed by atoms with Crippen LogP contribution in [0.2, 0.25) is 5.15 Å². The Labute approximate surface area is 120 Å². The molecule has 0 fully saturated rings.